The molecule has 0 fully saturated rings. The van der Waals surface area contributed by atoms with Gasteiger partial charge in [-0.1, -0.05) is 76.6 Å². The molecule has 0 bridgehead atoms. The van der Waals surface area contributed by atoms with Crippen LogP contribution < -0.4 is 5.32 Å². The number of rotatable bonds is 8. The largest absolute Gasteiger partial charge is 0.357 e. The lowest BCUT2D eigenvalue weighted by atomic mass is 10.0. The normalized spacial score (nSPS) is 11.6. The van der Waals surface area contributed by atoms with Crippen molar-refractivity contribution in [1.29, 1.82) is 0 Å². The van der Waals surface area contributed by atoms with Crippen LogP contribution >= 0.6 is 15.9 Å². The predicted octanol–water partition coefficient (Wildman–Crippen LogP) is 4.52. The van der Waals surface area contributed by atoms with Crippen LogP contribution in [0.2, 0.25) is 0 Å². The van der Waals surface area contributed by atoms with Crippen LogP contribution in [0.25, 0.3) is 0 Å². The van der Waals surface area contributed by atoms with E-state index < -0.39 is 11.9 Å². The lowest BCUT2D eigenvalue weighted by Gasteiger charge is -2.31. The molecule has 3 aromatic carbocycles. The van der Waals surface area contributed by atoms with Gasteiger partial charge in [0.15, 0.2) is 0 Å². The van der Waals surface area contributed by atoms with Gasteiger partial charge < -0.3 is 10.2 Å². The Morgan fingerprint density at radius 3 is 2.23 bits per heavy atom. The van der Waals surface area contributed by atoms with Crippen molar-refractivity contribution in [3.8, 4) is 0 Å². The first-order valence-electron chi connectivity index (χ1n) is 10.0. The highest BCUT2D eigenvalue weighted by Gasteiger charge is 2.30. The van der Waals surface area contributed by atoms with Gasteiger partial charge in [0.05, 0.1) is 6.42 Å². The third-order valence-electron chi connectivity index (χ3n) is 5.08. The van der Waals surface area contributed by atoms with E-state index in [1.165, 1.54) is 6.07 Å². The zero-order valence-electron chi connectivity index (χ0n) is 17.2. The van der Waals surface area contributed by atoms with E-state index in [1.54, 1.807) is 30.1 Å². The van der Waals surface area contributed by atoms with E-state index >= 15 is 0 Å². The second kappa shape index (κ2) is 10.9. The zero-order chi connectivity index (χ0) is 22.2. The highest BCUT2D eigenvalue weighted by Crippen LogP contribution is 2.19. The van der Waals surface area contributed by atoms with E-state index in [0.29, 0.717) is 12.0 Å². The number of amides is 2. The summed E-state index contributed by atoms with van der Waals surface area (Å²) in [5.74, 6) is -1.00. The number of nitrogens with one attached hydrogen (secondary N) is 1. The molecule has 4 nitrogen and oxygen atoms in total. The van der Waals surface area contributed by atoms with Gasteiger partial charge in [-0.15, -0.1) is 0 Å². The van der Waals surface area contributed by atoms with Crippen LogP contribution in [0.3, 0.4) is 0 Å². The van der Waals surface area contributed by atoms with Crippen LogP contribution in [0.1, 0.15) is 16.7 Å². The van der Waals surface area contributed by atoms with Gasteiger partial charge >= 0.3 is 0 Å². The van der Waals surface area contributed by atoms with Gasteiger partial charge in [-0.25, -0.2) is 4.39 Å². The summed E-state index contributed by atoms with van der Waals surface area (Å²) in [5, 5.41) is 2.68. The van der Waals surface area contributed by atoms with Crippen molar-refractivity contribution in [2.75, 3.05) is 7.05 Å². The molecule has 3 aromatic rings. The quantitative estimate of drug-likeness (QED) is 0.513. The summed E-state index contributed by atoms with van der Waals surface area (Å²) in [5.41, 5.74) is 2.13. The highest BCUT2D eigenvalue weighted by molar-refractivity contribution is 9.10. The molecule has 0 aliphatic rings. The zero-order valence-corrected chi connectivity index (χ0v) is 18.8. The van der Waals surface area contributed by atoms with E-state index in [4.69, 9.17) is 0 Å². The minimum atomic E-state index is -0.727. The highest BCUT2D eigenvalue weighted by atomic mass is 79.9. The monoisotopic (exact) mass is 482 g/mol. The summed E-state index contributed by atoms with van der Waals surface area (Å²) < 4.78 is 15.1. The molecule has 1 atom stereocenters. The lowest BCUT2D eigenvalue weighted by molar-refractivity contribution is -0.140. The maximum Gasteiger partial charge on any atom is 0.242 e. The Bertz CT molecular complexity index is 1030. The molecule has 3 rings (SSSR count). The fraction of sp³-hybridized carbons (Fsp3) is 0.200. The van der Waals surface area contributed by atoms with Crippen molar-refractivity contribution in [2.24, 2.45) is 0 Å². The molecule has 0 heterocycles. The number of carbonyl (C=O) groups excluding carboxylic acids is 2. The lowest BCUT2D eigenvalue weighted by Crippen LogP contribution is -2.50. The Labute approximate surface area is 190 Å². The number of halogens is 2. The predicted molar refractivity (Wildman–Crippen MR) is 123 cm³/mol. The summed E-state index contributed by atoms with van der Waals surface area (Å²) in [6.45, 7) is 0.242. The second-order valence-corrected chi connectivity index (χ2v) is 8.15. The van der Waals surface area contributed by atoms with Crippen LogP contribution in [0.4, 0.5) is 4.39 Å². The minimum Gasteiger partial charge on any atom is -0.357 e. The first-order chi connectivity index (χ1) is 15.0. The molecule has 0 saturated carbocycles. The fourth-order valence-corrected chi connectivity index (χ4v) is 3.68. The molecule has 6 heteroatoms. The van der Waals surface area contributed by atoms with Crippen molar-refractivity contribution in [3.05, 3.63) is 106 Å². The van der Waals surface area contributed by atoms with E-state index in [1.807, 2.05) is 54.6 Å². The van der Waals surface area contributed by atoms with E-state index in [-0.39, 0.29) is 24.8 Å². The maximum atomic E-state index is 14.2. The molecule has 0 aromatic heterocycles. The number of hydrogen-bond acceptors (Lipinski definition) is 2. The average Bonchev–Trinajstić information content (AvgIpc) is 2.79. The molecule has 0 saturated heterocycles. The summed E-state index contributed by atoms with van der Waals surface area (Å²) in [7, 11) is 1.56. The van der Waals surface area contributed by atoms with Crippen LogP contribution in [-0.4, -0.2) is 29.8 Å². The number of nitrogens with zero attached hydrogens (tertiary/aromatic N) is 1. The summed E-state index contributed by atoms with van der Waals surface area (Å²) >= 11 is 3.41. The molecular weight excluding hydrogens is 459 g/mol. The van der Waals surface area contributed by atoms with Crippen LogP contribution in [-0.2, 0) is 29.0 Å². The SMILES string of the molecule is CNC(=O)[C@@H](Cc1ccccc1)N(Cc1ccc(Br)cc1)C(=O)Cc1ccccc1F. The van der Waals surface area contributed by atoms with Crippen molar-refractivity contribution < 1.29 is 14.0 Å². The number of likely N-dealkylation sites (N-methyl/N-ethyl adjacent to an activating group) is 1. The van der Waals surface area contributed by atoms with E-state index in [0.717, 1.165) is 15.6 Å². The van der Waals surface area contributed by atoms with Gasteiger partial charge in [-0.3, -0.25) is 9.59 Å². The molecule has 0 aliphatic carbocycles. The number of carbonyl (C=O) groups is 2. The Morgan fingerprint density at radius 1 is 0.935 bits per heavy atom. The van der Waals surface area contributed by atoms with E-state index in [9.17, 15) is 14.0 Å². The molecule has 31 heavy (non-hydrogen) atoms. The van der Waals surface area contributed by atoms with Gasteiger partial charge in [0, 0.05) is 24.5 Å². The van der Waals surface area contributed by atoms with Gasteiger partial charge in [-0.2, -0.15) is 0 Å². The van der Waals surface area contributed by atoms with Crippen molar-refractivity contribution >= 4 is 27.7 Å². The Morgan fingerprint density at radius 2 is 1.58 bits per heavy atom. The molecule has 0 spiro atoms. The Balaban J connectivity index is 1.94. The molecule has 160 valence electrons. The van der Waals surface area contributed by atoms with Gasteiger partial charge in [0.1, 0.15) is 11.9 Å². The molecular formula is C25H24BrFN2O2. The Hall–Kier alpha value is -2.99. The molecule has 0 radical (unpaired) electrons. The number of hydrogen-bond donors (Lipinski definition) is 1. The third-order valence-corrected chi connectivity index (χ3v) is 5.61. The summed E-state index contributed by atoms with van der Waals surface area (Å²) in [6, 6.07) is 22.6. The Kier molecular flexibility index (Phi) is 7.95. The van der Waals surface area contributed by atoms with Crippen LogP contribution in [0, 0.1) is 5.82 Å². The van der Waals surface area contributed by atoms with Crippen molar-refractivity contribution in [1.82, 2.24) is 10.2 Å². The van der Waals surface area contributed by atoms with Crippen LogP contribution in [0.5, 0.6) is 0 Å². The van der Waals surface area contributed by atoms with E-state index in [2.05, 4.69) is 21.2 Å². The molecule has 2 amide bonds. The molecule has 0 unspecified atom stereocenters. The fourth-order valence-electron chi connectivity index (χ4n) is 3.41. The summed E-state index contributed by atoms with van der Waals surface area (Å²) in [4.78, 5) is 27.7. The topological polar surface area (TPSA) is 49.4 Å². The third kappa shape index (κ3) is 6.25. The van der Waals surface area contributed by atoms with Gasteiger partial charge in [0.2, 0.25) is 11.8 Å². The van der Waals surface area contributed by atoms with Crippen molar-refractivity contribution in [3.63, 3.8) is 0 Å². The van der Waals surface area contributed by atoms with Crippen molar-refractivity contribution in [2.45, 2.75) is 25.4 Å². The van der Waals surface area contributed by atoms with Gasteiger partial charge in [-0.05, 0) is 34.9 Å². The first-order valence-corrected chi connectivity index (χ1v) is 10.8. The molecule has 0 aliphatic heterocycles. The van der Waals surface area contributed by atoms with Gasteiger partial charge in [0.25, 0.3) is 0 Å². The second-order valence-electron chi connectivity index (χ2n) is 7.24. The standard InChI is InChI=1S/C25H24BrFN2O2/c1-28-25(31)23(15-18-7-3-2-4-8-18)29(17-19-11-13-21(26)14-12-19)24(30)16-20-9-5-6-10-22(20)27/h2-14,23H,15-17H2,1H3,(H,28,31)/t23-/m1/s1. The minimum absolute atomic E-state index is 0.120. The smallest absolute Gasteiger partial charge is 0.242 e. The molecule has 1 N–H and O–H groups in total. The number of benzene rings is 3. The maximum absolute atomic E-state index is 14.2. The average molecular weight is 483 g/mol. The van der Waals surface area contributed by atoms with Crippen LogP contribution in [0.15, 0.2) is 83.3 Å². The first kappa shape index (κ1) is 22.7. The summed E-state index contributed by atoms with van der Waals surface area (Å²) in [6.07, 6.45) is 0.242.